The van der Waals surface area contributed by atoms with Gasteiger partial charge >= 0.3 is 0 Å². The van der Waals surface area contributed by atoms with Gasteiger partial charge in [-0.2, -0.15) is 4.80 Å². The van der Waals surface area contributed by atoms with Crippen molar-refractivity contribution < 1.29 is 4.79 Å². The van der Waals surface area contributed by atoms with E-state index in [0.29, 0.717) is 17.9 Å². The molecule has 3 rings (SSSR count). The van der Waals surface area contributed by atoms with Gasteiger partial charge in [-0.05, 0) is 22.9 Å². The highest BCUT2D eigenvalue weighted by Gasteiger charge is 2.06. The highest BCUT2D eigenvalue weighted by atomic mass is 16.1. The second-order valence-corrected chi connectivity index (χ2v) is 4.92. The molecule has 0 unspecified atom stereocenters. The predicted molar refractivity (Wildman–Crippen MR) is 87.2 cm³/mol. The Kier molecular flexibility index (Phi) is 4.24. The third kappa shape index (κ3) is 3.68. The van der Waals surface area contributed by atoms with Crippen LogP contribution in [0.4, 0.5) is 0 Å². The van der Waals surface area contributed by atoms with Crippen molar-refractivity contribution >= 4 is 12.0 Å². The minimum absolute atomic E-state index is 0.451. The van der Waals surface area contributed by atoms with Crippen LogP contribution in [-0.4, -0.2) is 26.1 Å². The van der Waals surface area contributed by atoms with Crippen molar-refractivity contribution in [1.29, 1.82) is 0 Å². The van der Waals surface area contributed by atoms with Crippen LogP contribution in [0.5, 0.6) is 0 Å². The average molecular weight is 305 g/mol. The fourth-order valence-corrected chi connectivity index (χ4v) is 2.07. The summed E-state index contributed by atoms with van der Waals surface area (Å²) in [4.78, 5) is 12.6. The molecule has 6 nitrogen and oxygen atoms in total. The molecule has 114 valence electrons. The molecule has 0 fully saturated rings. The summed E-state index contributed by atoms with van der Waals surface area (Å²) in [5.74, 6) is 0.0494. The Bertz CT molecular complexity index is 822. The second kappa shape index (κ2) is 6.65. The van der Waals surface area contributed by atoms with Gasteiger partial charge in [0.25, 0.3) is 0 Å². The molecule has 0 radical (unpaired) electrons. The van der Waals surface area contributed by atoms with E-state index in [2.05, 4.69) is 15.4 Å². The Balaban J connectivity index is 1.68. The standard InChI is InChI=1S/C17H15N5O/c18-16(23)14-8-10-15(11-9-14)17-19-21-22(20-17)12-4-7-13-5-2-1-3-6-13/h1-11H,12H2,(H2,18,23)/b7-4+. The molecule has 23 heavy (non-hydrogen) atoms. The Hall–Kier alpha value is -3.28. The zero-order valence-corrected chi connectivity index (χ0v) is 12.3. The summed E-state index contributed by atoms with van der Waals surface area (Å²) >= 11 is 0. The summed E-state index contributed by atoms with van der Waals surface area (Å²) in [5.41, 5.74) is 7.57. The van der Waals surface area contributed by atoms with Gasteiger partial charge in [0.05, 0.1) is 6.54 Å². The normalized spacial score (nSPS) is 11.0. The number of carbonyl (C=O) groups excluding carboxylic acids is 1. The minimum Gasteiger partial charge on any atom is -0.366 e. The number of carbonyl (C=O) groups is 1. The highest BCUT2D eigenvalue weighted by molar-refractivity contribution is 5.93. The zero-order chi connectivity index (χ0) is 16.1. The third-order valence-electron chi connectivity index (χ3n) is 3.26. The highest BCUT2D eigenvalue weighted by Crippen LogP contribution is 2.14. The molecule has 6 heteroatoms. The summed E-state index contributed by atoms with van der Waals surface area (Å²) in [7, 11) is 0. The van der Waals surface area contributed by atoms with Gasteiger partial charge in [0, 0.05) is 11.1 Å². The molecular weight excluding hydrogens is 290 g/mol. The van der Waals surface area contributed by atoms with Gasteiger partial charge in [-0.3, -0.25) is 4.79 Å². The molecule has 2 aromatic carbocycles. The number of rotatable bonds is 5. The maximum absolute atomic E-state index is 11.1. The summed E-state index contributed by atoms with van der Waals surface area (Å²) in [6.45, 7) is 0.529. The van der Waals surface area contributed by atoms with Crippen LogP contribution >= 0.6 is 0 Å². The van der Waals surface area contributed by atoms with Gasteiger partial charge in [-0.15, -0.1) is 10.2 Å². The maximum atomic E-state index is 11.1. The molecule has 0 bridgehead atoms. The molecule has 0 aliphatic heterocycles. The van der Waals surface area contributed by atoms with Crippen molar-refractivity contribution in [3.63, 3.8) is 0 Å². The van der Waals surface area contributed by atoms with Gasteiger partial charge in [0.2, 0.25) is 11.7 Å². The molecule has 1 amide bonds. The first-order chi connectivity index (χ1) is 11.2. The van der Waals surface area contributed by atoms with E-state index in [9.17, 15) is 4.79 Å². The maximum Gasteiger partial charge on any atom is 0.248 e. The van der Waals surface area contributed by atoms with Crippen molar-refractivity contribution in [2.45, 2.75) is 6.54 Å². The van der Waals surface area contributed by atoms with Gasteiger partial charge < -0.3 is 5.73 Å². The van der Waals surface area contributed by atoms with Crippen molar-refractivity contribution in [1.82, 2.24) is 20.2 Å². The SMILES string of the molecule is NC(=O)c1ccc(-c2nnn(C/C=C/c3ccccc3)n2)cc1. The van der Waals surface area contributed by atoms with Crippen LogP contribution in [0.1, 0.15) is 15.9 Å². The molecule has 3 aromatic rings. The number of nitrogens with zero attached hydrogens (tertiary/aromatic N) is 4. The molecule has 2 N–H and O–H groups in total. The van der Waals surface area contributed by atoms with Crippen LogP contribution in [0.2, 0.25) is 0 Å². The smallest absolute Gasteiger partial charge is 0.248 e. The van der Waals surface area contributed by atoms with Crippen LogP contribution < -0.4 is 5.73 Å². The summed E-state index contributed by atoms with van der Waals surface area (Å²) in [6, 6.07) is 16.8. The third-order valence-corrected chi connectivity index (χ3v) is 3.26. The molecule has 0 atom stereocenters. The van der Waals surface area contributed by atoms with E-state index in [-0.39, 0.29) is 0 Å². The molecule has 0 aliphatic rings. The number of amides is 1. The fourth-order valence-electron chi connectivity index (χ4n) is 2.07. The number of allylic oxidation sites excluding steroid dienone is 1. The van der Waals surface area contributed by atoms with E-state index in [1.807, 2.05) is 42.5 Å². The first-order valence-electron chi connectivity index (χ1n) is 7.12. The number of hydrogen-bond donors (Lipinski definition) is 1. The molecule has 0 saturated heterocycles. The largest absolute Gasteiger partial charge is 0.366 e. The van der Waals surface area contributed by atoms with E-state index in [1.54, 1.807) is 24.3 Å². The Morgan fingerprint density at radius 1 is 1.09 bits per heavy atom. The lowest BCUT2D eigenvalue weighted by Gasteiger charge is -1.97. The molecule has 1 aromatic heterocycles. The van der Waals surface area contributed by atoms with E-state index < -0.39 is 5.91 Å². The quantitative estimate of drug-likeness (QED) is 0.782. The van der Waals surface area contributed by atoms with Crippen LogP contribution in [0.3, 0.4) is 0 Å². The number of hydrogen-bond acceptors (Lipinski definition) is 4. The molecular formula is C17H15N5O. The number of benzene rings is 2. The van der Waals surface area contributed by atoms with Crippen LogP contribution in [0.15, 0.2) is 60.7 Å². The fraction of sp³-hybridized carbons (Fsp3) is 0.0588. The van der Waals surface area contributed by atoms with Gasteiger partial charge in [0.15, 0.2) is 0 Å². The average Bonchev–Trinajstić information content (AvgIpc) is 3.05. The van der Waals surface area contributed by atoms with Crippen molar-refractivity contribution in [2.24, 2.45) is 5.73 Å². The van der Waals surface area contributed by atoms with Crippen molar-refractivity contribution in [3.05, 3.63) is 71.8 Å². The summed E-state index contributed by atoms with van der Waals surface area (Å²) < 4.78 is 0. The topological polar surface area (TPSA) is 86.7 Å². The van der Waals surface area contributed by atoms with E-state index in [1.165, 1.54) is 4.80 Å². The van der Waals surface area contributed by atoms with E-state index in [4.69, 9.17) is 5.73 Å². The minimum atomic E-state index is -0.459. The predicted octanol–water partition coefficient (Wildman–Crippen LogP) is 2.15. The lowest BCUT2D eigenvalue weighted by atomic mass is 10.1. The van der Waals surface area contributed by atoms with Crippen LogP contribution in [0.25, 0.3) is 17.5 Å². The molecule has 0 saturated carbocycles. The monoisotopic (exact) mass is 305 g/mol. The Morgan fingerprint density at radius 2 is 1.83 bits per heavy atom. The molecule has 1 heterocycles. The van der Waals surface area contributed by atoms with Crippen LogP contribution in [-0.2, 0) is 6.54 Å². The summed E-state index contributed by atoms with van der Waals surface area (Å²) in [6.07, 6.45) is 3.97. The number of primary amides is 1. The van der Waals surface area contributed by atoms with Crippen LogP contribution in [0, 0.1) is 0 Å². The molecule has 0 aliphatic carbocycles. The second-order valence-electron chi connectivity index (χ2n) is 4.92. The Morgan fingerprint density at radius 3 is 2.52 bits per heavy atom. The number of tetrazole rings is 1. The molecule has 0 spiro atoms. The lowest BCUT2D eigenvalue weighted by Crippen LogP contribution is -2.10. The summed E-state index contributed by atoms with van der Waals surface area (Å²) in [5, 5.41) is 12.3. The number of nitrogens with two attached hydrogens (primary N) is 1. The van der Waals surface area contributed by atoms with Gasteiger partial charge in [0.1, 0.15) is 0 Å². The van der Waals surface area contributed by atoms with Crippen molar-refractivity contribution in [2.75, 3.05) is 0 Å². The lowest BCUT2D eigenvalue weighted by molar-refractivity contribution is 0.100. The zero-order valence-electron chi connectivity index (χ0n) is 12.3. The number of aromatic nitrogens is 4. The van der Waals surface area contributed by atoms with Gasteiger partial charge in [-0.1, -0.05) is 54.6 Å². The van der Waals surface area contributed by atoms with E-state index in [0.717, 1.165) is 11.1 Å². The first-order valence-corrected chi connectivity index (χ1v) is 7.12. The van der Waals surface area contributed by atoms with Crippen molar-refractivity contribution in [3.8, 4) is 11.4 Å². The van der Waals surface area contributed by atoms with E-state index >= 15 is 0 Å². The Labute approximate surface area is 133 Å². The first kappa shape index (κ1) is 14.6. The van der Waals surface area contributed by atoms with Gasteiger partial charge in [-0.25, -0.2) is 0 Å².